The molecule has 1 unspecified atom stereocenters. The quantitative estimate of drug-likeness (QED) is 0.600. The lowest BCUT2D eigenvalue weighted by molar-refractivity contribution is -0.132. The van der Waals surface area contributed by atoms with Crippen LogP contribution in [0.1, 0.15) is 20.3 Å². The Morgan fingerprint density at radius 2 is 2.23 bits per heavy atom. The van der Waals surface area contributed by atoms with Crippen LogP contribution in [0.4, 0.5) is 0 Å². The molecule has 1 aliphatic rings. The summed E-state index contributed by atoms with van der Waals surface area (Å²) < 4.78 is 5.79. The molecule has 0 aliphatic carbocycles. The second-order valence-electron chi connectivity index (χ2n) is 4.28. The van der Waals surface area contributed by atoms with Crippen LogP contribution in [-0.4, -0.2) is 37.9 Å². The molecular formula is C9H19NO2Si. The Hall–Kier alpha value is -0.353. The van der Waals surface area contributed by atoms with Gasteiger partial charge >= 0.3 is 0 Å². The molecular weight excluding hydrogens is 182 g/mol. The monoisotopic (exact) mass is 201 g/mol. The zero-order chi connectivity index (χ0) is 10.1. The molecule has 1 heterocycles. The van der Waals surface area contributed by atoms with Crippen molar-refractivity contribution in [3.05, 3.63) is 0 Å². The minimum Gasteiger partial charge on any atom is -0.413 e. The number of rotatable bonds is 1. The molecule has 1 atom stereocenters. The number of nitrogens with zero attached hydrogens (tertiary/aromatic N) is 1. The van der Waals surface area contributed by atoms with Gasteiger partial charge in [-0.15, -0.1) is 0 Å². The fourth-order valence-corrected chi connectivity index (χ4v) is 3.74. The highest BCUT2D eigenvalue weighted by atomic mass is 28.4. The minimum absolute atomic E-state index is 0.190. The fraction of sp³-hybridized carbons (Fsp3) is 0.889. The van der Waals surface area contributed by atoms with E-state index in [1.807, 2.05) is 4.90 Å². The molecule has 0 aromatic heterocycles. The van der Waals surface area contributed by atoms with E-state index in [2.05, 4.69) is 20.0 Å². The van der Waals surface area contributed by atoms with E-state index >= 15 is 0 Å². The molecule has 1 saturated heterocycles. The Balaban J connectivity index is 2.69. The van der Waals surface area contributed by atoms with Gasteiger partial charge in [0.05, 0.1) is 12.6 Å². The summed E-state index contributed by atoms with van der Waals surface area (Å²) in [6.45, 7) is 8.81. The van der Waals surface area contributed by atoms with Gasteiger partial charge in [0.2, 0.25) is 14.2 Å². The molecule has 1 amide bonds. The van der Waals surface area contributed by atoms with Gasteiger partial charge in [0.25, 0.3) is 0 Å². The summed E-state index contributed by atoms with van der Waals surface area (Å²) in [7, 11) is -1.57. The first-order chi connectivity index (χ1) is 5.96. The van der Waals surface area contributed by atoms with Crippen LogP contribution in [0.2, 0.25) is 13.1 Å². The predicted octanol–water partition coefficient (Wildman–Crippen LogP) is 1.39. The highest BCUT2D eigenvalue weighted by molar-refractivity contribution is 6.71. The normalized spacial score (nSPS) is 27.4. The zero-order valence-electron chi connectivity index (χ0n) is 8.96. The smallest absolute Gasteiger partial charge is 0.219 e. The number of hydrogen-bond acceptors (Lipinski definition) is 2. The lowest BCUT2D eigenvalue weighted by Crippen LogP contribution is -2.58. The Morgan fingerprint density at radius 1 is 1.62 bits per heavy atom. The summed E-state index contributed by atoms with van der Waals surface area (Å²) in [5.41, 5.74) is 0. The van der Waals surface area contributed by atoms with E-state index in [1.54, 1.807) is 6.92 Å². The maximum absolute atomic E-state index is 11.3. The van der Waals surface area contributed by atoms with Crippen LogP contribution in [0.3, 0.4) is 0 Å². The molecule has 0 radical (unpaired) electrons. The van der Waals surface area contributed by atoms with Gasteiger partial charge in [-0.2, -0.15) is 0 Å². The van der Waals surface area contributed by atoms with Crippen molar-refractivity contribution in [2.45, 2.75) is 39.4 Å². The van der Waals surface area contributed by atoms with Crippen molar-refractivity contribution in [1.82, 2.24) is 4.90 Å². The number of hydrogen-bond donors (Lipinski definition) is 0. The molecule has 0 aromatic rings. The summed E-state index contributed by atoms with van der Waals surface area (Å²) in [6, 6.07) is 0.304. The van der Waals surface area contributed by atoms with Crippen molar-refractivity contribution in [1.29, 1.82) is 0 Å². The van der Waals surface area contributed by atoms with Crippen LogP contribution in [0.25, 0.3) is 0 Å². The van der Waals surface area contributed by atoms with Crippen LogP contribution in [-0.2, 0) is 9.22 Å². The van der Waals surface area contributed by atoms with E-state index < -0.39 is 8.32 Å². The Kier molecular flexibility index (Phi) is 3.13. The summed E-state index contributed by atoms with van der Waals surface area (Å²) in [4.78, 5) is 13.3. The van der Waals surface area contributed by atoms with Crippen molar-refractivity contribution in [2.75, 3.05) is 12.8 Å². The second kappa shape index (κ2) is 3.80. The first-order valence-corrected chi connectivity index (χ1v) is 7.99. The molecule has 3 nitrogen and oxygen atoms in total. The van der Waals surface area contributed by atoms with Gasteiger partial charge in [0.1, 0.15) is 0 Å². The molecule has 13 heavy (non-hydrogen) atoms. The third-order valence-corrected chi connectivity index (χ3v) is 4.58. The van der Waals surface area contributed by atoms with Crippen LogP contribution >= 0.6 is 0 Å². The maximum atomic E-state index is 11.3. The lowest BCUT2D eigenvalue weighted by Gasteiger charge is -2.42. The minimum atomic E-state index is -1.57. The average molecular weight is 201 g/mol. The highest BCUT2D eigenvalue weighted by Crippen LogP contribution is 2.19. The third-order valence-electron chi connectivity index (χ3n) is 2.53. The number of amides is 1. The van der Waals surface area contributed by atoms with Crippen LogP contribution in [0, 0.1) is 0 Å². The van der Waals surface area contributed by atoms with Gasteiger partial charge in [0.15, 0.2) is 0 Å². The van der Waals surface area contributed by atoms with Crippen molar-refractivity contribution in [2.24, 2.45) is 0 Å². The van der Waals surface area contributed by atoms with E-state index in [-0.39, 0.29) is 5.91 Å². The zero-order valence-corrected chi connectivity index (χ0v) is 9.96. The van der Waals surface area contributed by atoms with E-state index in [1.165, 1.54) is 0 Å². The lowest BCUT2D eigenvalue weighted by atomic mass is 10.2. The number of carbonyl (C=O) groups excluding carboxylic acids is 1. The van der Waals surface area contributed by atoms with Crippen LogP contribution in [0.15, 0.2) is 0 Å². The maximum Gasteiger partial charge on any atom is 0.219 e. The summed E-state index contributed by atoms with van der Waals surface area (Å²) >= 11 is 0. The molecule has 0 aromatic carbocycles. The van der Waals surface area contributed by atoms with Crippen LogP contribution in [0.5, 0.6) is 0 Å². The van der Waals surface area contributed by atoms with E-state index in [4.69, 9.17) is 4.43 Å². The topological polar surface area (TPSA) is 29.5 Å². The van der Waals surface area contributed by atoms with Crippen molar-refractivity contribution < 1.29 is 9.22 Å². The summed E-state index contributed by atoms with van der Waals surface area (Å²) in [5, 5.41) is 0. The van der Waals surface area contributed by atoms with Crippen molar-refractivity contribution >= 4 is 14.2 Å². The third kappa shape index (κ3) is 2.54. The molecule has 0 spiro atoms. The van der Waals surface area contributed by atoms with Gasteiger partial charge in [0, 0.05) is 13.1 Å². The van der Waals surface area contributed by atoms with Gasteiger partial charge in [-0.05, 0) is 19.5 Å². The molecule has 4 heteroatoms. The van der Waals surface area contributed by atoms with E-state index in [0.29, 0.717) is 6.04 Å². The van der Waals surface area contributed by atoms with Crippen molar-refractivity contribution in [3.63, 3.8) is 0 Å². The van der Waals surface area contributed by atoms with Gasteiger partial charge in [-0.3, -0.25) is 4.79 Å². The summed E-state index contributed by atoms with van der Waals surface area (Å²) in [5.74, 6) is 0.190. The van der Waals surface area contributed by atoms with Crippen LogP contribution < -0.4 is 0 Å². The van der Waals surface area contributed by atoms with Gasteiger partial charge in [-0.1, -0.05) is 6.92 Å². The molecule has 1 aliphatic heterocycles. The predicted molar refractivity (Wildman–Crippen MR) is 54.9 cm³/mol. The first-order valence-electron chi connectivity index (χ1n) is 4.87. The SMILES string of the molecule is CCC1CO[Si](C)(C)CN1C(C)=O. The molecule has 76 valence electrons. The molecule has 0 bridgehead atoms. The first kappa shape index (κ1) is 10.7. The molecule has 0 saturated carbocycles. The Labute approximate surface area is 81.2 Å². The van der Waals surface area contributed by atoms with E-state index in [9.17, 15) is 4.79 Å². The van der Waals surface area contributed by atoms with E-state index in [0.717, 1.165) is 19.2 Å². The molecule has 1 fully saturated rings. The highest BCUT2D eigenvalue weighted by Gasteiger charge is 2.36. The standard InChI is InChI=1S/C9H19NO2Si/c1-5-9-6-12-13(3,4)7-10(9)8(2)11/h9H,5-7H2,1-4H3. The largest absolute Gasteiger partial charge is 0.413 e. The second-order valence-corrected chi connectivity index (χ2v) is 8.40. The fourth-order valence-electron chi connectivity index (χ4n) is 1.70. The molecule has 0 N–H and O–H groups in total. The Bertz CT molecular complexity index is 206. The summed E-state index contributed by atoms with van der Waals surface area (Å²) in [6.07, 6.45) is 1.84. The molecule has 1 rings (SSSR count). The Morgan fingerprint density at radius 3 is 2.69 bits per heavy atom. The van der Waals surface area contributed by atoms with Gasteiger partial charge < -0.3 is 9.33 Å². The average Bonchev–Trinajstić information content (AvgIpc) is 2.03. The van der Waals surface area contributed by atoms with Gasteiger partial charge in [-0.25, -0.2) is 0 Å². The van der Waals surface area contributed by atoms with Crippen molar-refractivity contribution in [3.8, 4) is 0 Å². The number of carbonyl (C=O) groups is 1.